The van der Waals surface area contributed by atoms with Crippen LogP contribution in [0.1, 0.15) is 64.0 Å². The number of rotatable bonds is 11. The lowest BCUT2D eigenvalue weighted by Crippen LogP contribution is -2.20. The van der Waals surface area contributed by atoms with Crippen molar-refractivity contribution in [1.82, 2.24) is 0 Å². The van der Waals surface area contributed by atoms with E-state index in [4.69, 9.17) is 4.74 Å². The van der Waals surface area contributed by atoms with E-state index < -0.39 is 52.0 Å². The Labute approximate surface area is 199 Å². The number of ether oxygens (including phenoxy) is 1. The van der Waals surface area contributed by atoms with Gasteiger partial charge in [-0.25, -0.2) is 19.2 Å². The van der Waals surface area contributed by atoms with Gasteiger partial charge in [-0.05, 0) is 35.2 Å². The summed E-state index contributed by atoms with van der Waals surface area (Å²) >= 11 is 0. The highest BCUT2D eigenvalue weighted by molar-refractivity contribution is 6.03. The molecule has 0 aliphatic carbocycles. The van der Waals surface area contributed by atoms with Crippen molar-refractivity contribution in [2.45, 2.75) is 18.9 Å². The van der Waals surface area contributed by atoms with Crippen molar-refractivity contribution >= 4 is 23.9 Å². The molecule has 3 aromatic rings. The van der Waals surface area contributed by atoms with Crippen molar-refractivity contribution in [3.8, 4) is 0 Å². The molecule has 3 aromatic carbocycles. The van der Waals surface area contributed by atoms with Gasteiger partial charge < -0.3 is 25.2 Å². The largest absolute Gasteiger partial charge is 0.478 e. The van der Waals surface area contributed by atoms with Crippen molar-refractivity contribution in [1.29, 1.82) is 0 Å². The van der Waals surface area contributed by atoms with E-state index in [0.717, 1.165) is 5.56 Å². The van der Waals surface area contributed by atoms with Crippen LogP contribution in [0.25, 0.3) is 0 Å². The Morgan fingerprint density at radius 2 is 1.23 bits per heavy atom. The molecule has 35 heavy (non-hydrogen) atoms. The van der Waals surface area contributed by atoms with Crippen LogP contribution in [0.4, 0.5) is 0 Å². The van der Waals surface area contributed by atoms with Gasteiger partial charge in [0.1, 0.15) is 0 Å². The third-order valence-electron chi connectivity index (χ3n) is 5.47. The van der Waals surface area contributed by atoms with Gasteiger partial charge in [0.15, 0.2) is 0 Å². The van der Waals surface area contributed by atoms with Crippen LogP contribution in [0.5, 0.6) is 0 Å². The number of hydrogen-bond acceptors (Lipinski definition) is 5. The number of carboxylic acids is 4. The van der Waals surface area contributed by atoms with Crippen LogP contribution in [0.3, 0.4) is 0 Å². The van der Waals surface area contributed by atoms with Crippen LogP contribution in [0.2, 0.25) is 0 Å². The number of aromatic carboxylic acids is 4. The van der Waals surface area contributed by atoms with Gasteiger partial charge in [-0.1, -0.05) is 54.6 Å². The fraction of sp³-hybridized carbons (Fsp3) is 0.154. The minimum absolute atomic E-state index is 0.0748. The van der Waals surface area contributed by atoms with Crippen LogP contribution in [0.15, 0.2) is 66.7 Å². The normalized spacial score (nSPS) is 11.5. The van der Waals surface area contributed by atoms with Gasteiger partial charge in [-0.2, -0.15) is 0 Å². The summed E-state index contributed by atoms with van der Waals surface area (Å²) in [6, 6.07) is 17.2. The Kier molecular flexibility index (Phi) is 7.96. The van der Waals surface area contributed by atoms with E-state index >= 15 is 0 Å². The molecule has 0 radical (unpaired) electrons. The molecule has 1 atom stereocenters. The molecule has 0 fully saturated rings. The van der Waals surface area contributed by atoms with E-state index in [1.807, 2.05) is 30.3 Å². The summed E-state index contributed by atoms with van der Waals surface area (Å²) in [7, 11) is 0. The summed E-state index contributed by atoms with van der Waals surface area (Å²) in [6.45, 7) is 0.105. The summed E-state index contributed by atoms with van der Waals surface area (Å²) in [4.78, 5) is 47.2. The van der Waals surface area contributed by atoms with E-state index in [9.17, 15) is 39.6 Å². The highest BCUT2D eigenvalue weighted by Gasteiger charge is 2.28. The van der Waals surface area contributed by atoms with Gasteiger partial charge >= 0.3 is 23.9 Å². The fourth-order valence-electron chi connectivity index (χ4n) is 3.95. The lowest BCUT2D eigenvalue weighted by molar-refractivity contribution is 0.0646. The third kappa shape index (κ3) is 5.90. The van der Waals surface area contributed by atoms with Crippen molar-refractivity contribution < 1.29 is 44.3 Å². The number of carbonyl (C=O) groups is 4. The van der Waals surface area contributed by atoms with E-state index in [-0.39, 0.29) is 30.8 Å². The van der Waals surface area contributed by atoms with Gasteiger partial charge in [0, 0.05) is 5.92 Å². The van der Waals surface area contributed by atoms with Gasteiger partial charge in [0.25, 0.3) is 0 Å². The molecule has 180 valence electrons. The predicted octanol–water partition coefficient (Wildman–Crippen LogP) is 4.02. The molecule has 0 heterocycles. The maximum atomic E-state index is 12.0. The zero-order chi connectivity index (χ0) is 25.5. The second kappa shape index (κ2) is 11.1. The molecular formula is C26H22O9. The number of carboxylic acid groups (broad SMARTS) is 4. The lowest BCUT2D eigenvalue weighted by atomic mass is 9.85. The van der Waals surface area contributed by atoms with E-state index in [2.05, 4.69) is 0 Å². The van der Waals surface area contributed by atoms with Crippen LogP contribution in [-0.2, 0) is 17.8 Å². The molecule has 0 spiro atoms. The van der Waals surface area contributed by atoms with Gasteiger partial charge in [0.05, 0.1) is 35.5 Å². The van der Waals surface area contributed by atoms with Gasteiger partial charge in [-0.15, -0.1) is 0 Å². The number of hydrogen-bond donors (Lipinski definition) is 4. The monoisotopic (exact) mass is 478 g/mol. The highest BCUT2D eigenvalue weighted by atomic mass is 16.5. The third-order valence-corrected chi connectivity index (χ3v) is 5.47. The van der Waals surface area contributed by atoms with Gasteiger partial charge in [-0.3, -0.25) is 0 Å². The van der Waals surface area contributed by atoms with Crippen LogP contribution >= 0.6 is 0 Å². The molecule has 0 saturated heterocycles. The molecule has 0 amide bonds. The molecule has 0 unspecified atom stereocenters. The molecule has 0 saturated carbocycles. The summed E-state index contributed by atoms with van der Waals surface area (Å²) in [5, 5.41) is 38.4. The maximum absolute atomic E-state index is 12.0. The second-order valence-corrected chi connectivity index (χ2v) is 7.73. The maximum Gasteiger partial charge on any atom is 0.336 e. The molecule has 0 aliphatic heterocycles. The quantitative estimate of drug-likeness (QED) is 0.319. The average molecular weight is 478 g/mol. The molecular weight excluding hydrogens is 456 g/mol. The molecule has 0 aromatic heterocycles. The summed E-state index contributed by atoms with van der Waals surface area (Å²) in [6.07, 6.45) is -0.0963. The minimum Gasteiger partial charge on any atom is -0.478 e. The standard InChI is InChI=1S/C26H22O9/c27-23(28)19-10-4-8-16(21(19)25(31)32)12-17(14-35-13-15-6-2-1-3-7-15)18-9-5-11-20(24(29)30)22(18)26(33)34/h1-11,17H,12-14H2,(H,27,28)(H,29,30)(H,31,32)(H,33,34)/t17-/m1/s1. The fourth-order valence-corrected chi connectivity index (χ4v) is 3.95. The SMILES string of the molecule is O=C(O)c1cccc(C[C@H](COCc2ccccc2)c2cccc(C(=O)O)c2C(=O)O)c1C(=O)O. The predicted molar refractivity (Wildman–Crippen MR) is 123 cm³/mol. The number of benzene rings is 3. The van der Waals surface area contributed by atoms with Crippen molar-refractivity contribution in [2.75, 3.05) is 6.61 Å². The second-order valence-electron chi connectivity index (χ2n) is 7.73. The summed E-state index contributed by atoms with van der Waals surface area (Å²) in [5.74, 6) is -6.53. The van der Waals surface area contributed by atoms with Crippen molar-refractivity contribution in [3.05, 3.63) is 106 Å². The molecule has 0 aliphatic rings. The Morgan fingerprint density at radius 3 is 1.80 bits per heavy atom. The molecule has 9 heteroatoms. The van der Waals surface area contributed by atoms with E-state index in [1.54, 1.807) is 0 Å². The van der Waals surface area contributed by atoms with E-state index in [0.29, 0.717) is 0 Å². The first-order valence-corrected chi connectivity index (χ1v) is 10.5. The van der Waals surface area contributed by atoms with Crippen molar-refractivity contribution in [2.24, 2.45) is 0 Å². The summed E-state index contributed by atoms with van der Waals surface area (Å²) < 4.78 is 5.82. The van der Waals surface area contributed by atoms with Gasteiger partial charge in [0.2, 0.25) is 0 Å². The van der Waals surface area contributed by atoms with Crippen LogP contribution in [0, 0.1) is 0 Å². The Morgan fingerprint density at radius 1 is 0.657 bits per heavy atom. The first kappa shape index (κ1) is 25.1. The summed E-state index contributed by atoms with van der Waals surface area (Å²) in [5.41, 5.74) is -0.523. The topological polar surface area (TPSA) is 158 Å². The van der Waals surface area contributed by atoms with E-state index in [1.165, 1.54) is 36.4 Å². The van der Waals surface area contributed by atoms with Crippen LogP contribution < -0.4 is 0 Å². The highest BCUT2D eigenvalue weighted by Crippen LogP contribution is 2.30. The molecule has 9 nitrogen and oxygen atoms in total. The zero-order valence-corrected chi connectivity index (χ0v) is 18.4. The lowest BCUT2D eigenvalue weighted by Gasteiger charge is -2.22. The Bertz CT molecular complexity index is 1270. The Hall–Kier alpha value is -4.50. The minimum atomic E-state index is -1.45. The Balaban J connectivity index is 2.07. The van der Waals surface area contributed by atoms with Crippen LogP contribution in [-0.4, -0.2) is 50.9 Å². The first-order valence-electron chi connectivity index (χ1n) is 10.5. The average Bonchev–Trinajstić information content (AvgIpc) is 2.83. The molecule has 0 bridgehead atoms. The molecule has 4 N–H and O–H groups in total. The van der Waals surface area contributed by atoms with Crippen molar-refractivity contribution in [3.63, 3.8) is 0 Å². The zero-order valence-electron chi connectivity index (χ0n) is 18.4. The smallest absolute Gasteiger partial charge is 0.336 e. The first-order chi connectivity index (χ1) is 16.7. The molecule has 3 rings (SSSR count).